The predicted octanol–water partition coefficient (Wildman–Crippen LogP) is 6.70. The zero-order valence-corrected chi connectivity index (χ0v) is 18.6. The van der Waals surface area contributed by atoms with E-state index in [1.165, 1.54) is 89.9 Å². The first-order valence-electron chi connectivity index (χ1n) is 11.4. The zero-order chi connectivity index (χ0) is 19.3. The maximum atomic E-state index is 11.8. The van der Waals surface area contributed by atoms with Crippen molar-refractivity contribution >= 4 is 9.84 Å². The summed E-state index contributed by atoms with van der Waals surface area (Å²) in [6.45, 7) is 5.10. The van der Waals surface area contributed by atoms with Crippen LogP contribution in [0.4, 0.5) is 0 Å². The molecule has 0 aliphatic carbocycles. The lowest BCUT2D eigenvalue weighted by molar-refractivity contribution is 0.163. The highest BCUT2D eigenvalue weighted by Crippen LogP contribution is 2.13. The summed E-state index contributed by atoms with van der Waals surface area (Å²) < 4.78 is 28.7. The summed E-state index contributed by atoms with van der Waals surface area (Å²) in [5.41, 5.74) is 0. The van der Waals surface area contributed by atoms with Gasteiger partial charge in [-0.15, -0.1) is 0 Å². The fourth-order valence-electron chi connectivity index (χ4n) is 3.30. The van der Waals surface area contributed by atoms with Crippen LogP contribution in [0.2, 0.25) is 0 Å². The highest BCUT2D eigenvalue weighted by molar-refractivity contribution is 7.91. The molecule has 0 aromatic heterocycles. The third kappa shape index (κ3) is 20.2. The SMILES string of the molecule is CCCCCCCCCCCCCCCCCCS(=O)(=O)CCOCC. The summed E-state index contributed by atoms with van der Waals surface area (Å²) >= 11 is 0. The highest BCUT2D eigenvalue weighted by atomic mass is 32.2. The van der Waals surface area contributed by atoms with E-state index >= 15 is 0 Å². The number of unbranched alkanes of at least 4 members (excludes halogenated alkanes) is 15. The maximum Gasteiger partial charge on any atom is 0.152 e. The highest BCUT2D eigenvalue weighted by Gasteiger charge is 2.09. The molecule has 0 N–H and O–H groups in total. The van der Waals surface area contributed by atoms with Crippen molar-refractivity contribution in [3.63, 3.8) is 0 Å². The van der Waals surface area contributed by atoms with Crippen molar-refractivity contribution in [1.82, 2.24) is 0 Å². The minimum absolute atomic E-state index is 0.180. The maximum absolute atomic E-state index is 11.8. The second kappa shape index (κ2) is 19.7. The number of ether oxygens (including phenoxy) is 1. The molecule has 0 spiro atoms. The molecule has 4 heteroatoms. The average Bonchev–Trinajstić information content (AvgIpc) is 2.61. The quantitative estimate of drug-likeness (QED) is 0.205. The van der Waals surface area contributed by atoms with E-state index in [2.05, 4.69) is 6.92 Å². The lowest BCUT2D eigenvalue weighted by Gasteiger charge is -2.05. The first-order valence-corrected chi connectivity index (χ1v) is 13.2. The summed E-state index contributed by atoms with van der Waals surface area (Å²) in [7, 11) is -2.90. The molecule has 0 fully saturated rings. The van der Waals surface area contributed by atoms with E-state index in [4.69, 9.17) is 4.74 Å². The predicted molar refractivity (Wildman–Crippen MR) is 115 cm³/mol. The van der Waals surface area contributed by atoms with Gasteiger partial charge in [-0.3, -0.25) is 0 Å². The molecule has 0 radical (unpaired) electrons. The number of hydrogen-bond acceptors (Lipinski definition) is 3. The molecule has 0 bridgehead atoms. The monoisotopic (exact) mass is 390 g/mol. The van der Waals surface area contributed by atoms with Crippen molar-refractivity contribution in [1.29, 1.82) is 0 Å². The molecule has 3 nitrogen and oxygen atoms in total. The molecule has 0 heterocycles. The second-order valence-corrected chi connectivity index (χ2v) is 9.96. The second-order valence-electron chi connectivity index (χ2n) is 7.65. The van der Waals surface area contributed by atoms with Crippen LogP contribution < -0.4 is 0 Å². The Morgan fingerprint density at radius 1 is 0.538 bits per heavy atom. The molecule has 0 atom stereocenters. The molecular weight excluding hydrogens is 344 g/mol. The molecule has 158 valence electrons. The summed E-state index contributed by atoms with van der Waals surface area (Å²) in [5, 5.41) is 0. The Hall–Kier alpha value is -0.0900. The molecule has 0 unspecified atom stereocenters. The van der Waals surface area contributed by atoms with E-state index in [-0.39, 0.29) is 5.75 Å². The Morgan fingerprint density at radius 2 is 0.923 bits per heavy atom. The Balaban J connectivity index is 3.20. The van der Waals surface area contributed by atoms with Crippen molar-refractivity contribution in [2.45, 2.75) is 117 Å². The average molecular weight is 391 g/mol. The van der Waals surface area contributed by atoms with Gasteiger partial charge >= 0.3 is 0 Å². The number of hydrogen-bond donors (Lipinski definition) is 0. The molecule has 0 amide bonds. The van der Waals surface area contributed by atoms with Gasteiger partial charge in [0, 0.05) is 6.61 Å². The van der Waals surface area contributed by atoms with Crippen LogP contribution in [0.1, 0.15) is 117 Å². The van der Waals surface area contributed by atoms with Crippen LogP contribution in [0.25, 0.3) is 0 Å². The first-order chi connectivity index (χ1) is 12.6. The van der Waals surface area contributed by atoms with Gasteiger partial charge in [-0.1, -0.05) is 103 Å². The summed E-state index contributed by atoms with van der Waals surface area (Å²) in [4.78, 5) is 0. The topological polar surface area (TPSA) is 43.4 Å². The van der Waals surface area contributed by atoms with Gasteiger partial charge in [0.2, 0.25) is 0 Å². The van der Waals surface area contributed by atoms with Crippen molar-refractivity contribution in [3.05, 3.63) is 0 Å². The van der Waals surface area contributed by atoms with Gasteiger partial charge in [0.05, 0.1) is 18.1 Å². The van der Waals surface area contributed by atoms with Crippen LogP contribution in [0, 0.1) is 0 Å². The van der Waals surface area contributed by atoms with Crippen LogP contribution in [0.3, 0.4) is 0 Å². The van der Waals surface area contributed by atoms with Crippen molar-refractivity contribution in [3.8, 4) is 0 Å². The molecule has 0 rings (SSSR count). The fourth-order valence-corrected chi connectivity index (χ4v) is 4.52. The van der Waals surface area contributed by atoms with Crippen molar-refractivity contribution < 1.29 is 13.2 Å². The first kappa shape index (κ1) is 25.9. The zero-order valence-electron chi connectivity index (χ0n) is 17.8. The molecule has 0 saturated carbocycles. The van der Waals surface area contributed by atoms with Gasteiger partial charge in [-0.05, 0) is 13.3 Å². The van der Waals surface area contributed by atoms with Gasteiger partial charge in [0.15, 0.2) is 9.84 Å². The van der Waals surface area contributed by atoms with Crippen LogP contribution in [-0.4, -0.2) is 33.1 Å². The van der Waals surface area contributed by atoms with Crippen LogP contribution in [0.5, 0.6) is 0 Å². The fraction of sp³-hybridized carbons (Fsp3) is 1.00. The normalized spacial score (nSPS) is 11.9. The van der Waals surface area contributed by atoms with E-state index in [1.807, 2.05) is 6.92 Å². The summed E-state index contributed by atoms with van der Waals surface area (Å²) in [5.74, 6) is 0.512. The van der Waals surface area contributed by atoms with E-state index in [0.29, 0.717) is 19.0 Å². The van der Waals surface area contributed by atoms with Gasteiger partial charge in [0.25, 0.3) is 0 Å². The third-order valence-corrected chi connectivity index (χ3v) is 6.75. The van der Waals surface area contributed by atoms with E-state index in [9.17, 15) is 8.42 Å². The minimum atomic E-state index is -2.90. The van der Waals surface area contributed by atoms with E-state index < -0.39 is 9.84 Å². The van der Waals surface area contributed by atoms with Crippen LogP contribution in [-0.2, 0) is 14.6 Å². The van der Waals surface area contributed by atoms with E-state index in [1.54, 1.807) is 0 Å². The summed E-state index contributed by atoms with van der Waals surface area (Å²) in [6, 6.07) is 0. The minimum Gasteiger partial charge on any atom is -0.381 e. The molecule has 0 aliphatic heterocycles. The Kier molecular flexibility index (Phi) is 19.6. The Morgan fingerprint density at radius 3 is 1.31 bits per heavy atom. The third-order valence-electron chi connectivity index (χ3n) is 5.05. The molecule has 0 saturated heterocycles. The number of rotatable bonds is 21. The van der Waals surface area contributed by atoms with Crippen molar-refractivity contribution in [2.75, 3.05) is 24.7 Å². The van der Waals surface area contributed by atoms with Gasteiger partial charge in [0.1, 0.15) is 0 Å². The molecule has 0 aromatic rings. The van der Waals surface area contributed by atoms with Crippen LogP contribution >= 0.6 is 0 Å². The van der Waals surface area contributed by atoms with Crippen LogP contribution in [0.15, 0.2) is 0 Å². The molecule has 0 aromatic carbocycles. The van der Waals surface area contributed by atoms with E-state index in [0.717, 1.165) is 12.8 Å². The Labute approximate surface area is 164 Å². The lowest BCUT2D eigenvalue weighted by atomic mass is 10.0. The van der Waals surface area contributed by atoms with Gasteiger partial charge in [-0.2, -0.15) is 0 Å². The molecule has 26 heavy (non-hydrogen) atoms. The standard InChI is InChI=1S/C22H46O3S/c1-3-5-6-7-8-9-10-11-12-13-14-15-16-17-18-19-21-26(23,24)22-20-25-4-2/h3-22H2,1-2H3. The largest absolute Gasteiger partial charge is 0.381 e. The van der Waals surface area contributed by atoms with Crippen molar-refractivity contribution in [2.24, 2.45) is 0 Å². The Bertz CT molecular complexity index is 366. The molecular formula is C22H46O3S. The summed E-state index contributed by atoms with van der Waals surface area (Å²) in [6.07, 6.45) is 21.0. The smallest absolute Gasteiger partial charge is 0.152 e. The number of sulfone groups is 1. The molecule has 0 aliphatic rings. The lowest BCUT2D eigenvalue weighted by Crippen LogP contribution is -2.15. The van der Waals surface area contributed by atoms with Gasteiger partial charge in [-0.25, -0.2) is 8.42 Å². The van der Waals surface area contributed by atoms with Gasteiger partial charge < -0.3 is 4.74 Å².